The van der Waals surface area contributed by atoms with E-state index in [1.165, 1.54) is 24.8 Å². The zero-order valence-corrected chi connectivity index (χ0v) is 16.1. The van der Waals surface area contributed by atoms with Gasteiger partial charge in [0.2, 0.25) is 0 Å². The van der Waals surface area contributed by atoms with Gasteiger partial charge >= 0.3 is 6.03 Å². The first-order valence-electron chi connectivity index (χ1n) is 10.2. The molecular formula is C21H27N5O. The summed E-state index contributed by atoms with van der Waals surface area (Å²) >= 11 is 0. The van der Waals surface area contributed by atoms with E-state index in [1.54, 1.807) is 0 Å². The number of hydrogen-bond acceptors (Lipinski definition) is 3. The van der Waals surface area contributed by atoms with Gasteiger partial charge < -0.3 is 9.88 Å². The van der Waals surface area contributed by atoms with E-state index in [-0.39, 0.29) is 17.5 Å². The molecule has 1 aliphatic carbocycles. The van der Waals surface area contributed by atoms with E-state index in [0.29, 0.717) is 5.92 Å². The highest BCUT2D eigenvalue weighted by atomic mass is 16.2. The number of amides is 2. The summed E-state index contributed by atoms with van der Waals surface area (Å²) < 4.78 is 2.20. The molecule has 5 rings (SSSR count). The van der Waals surface area contributed by atoms with Crippen LogP contribution in [-0.2, 0) is 18.4 Å². The number of rotatable bonds is 2. The molecule has 6 nitrogen and oxygen atoms in total. The molecule has 1 unspecified atom stereocenters. The Morgan fingerprint density at radius 3 is 2.81 bits per heavy atom. The lowest BCUT2D eigenvalue weighted by Gasteiger charge is -2.39. The summed E-state index contributed by atoms with van der Waals surface area (Å²) in [6.45, 7) is 5.86. The highest BCUT2D eigenvalue weighted by Gasteiger charge is 2.48. The molecule has 1 N–H and O–H groups in total. The number of anilines is 1. The number of benzene rings is 1. The average Bonchev–Trinajstić information content (AvgIpc) is 3.20. The Bertz CT molecular complexity index is 882. The van der Waals surface area contributed by atoms with Gasteiger partial charge in [0.1, 0.15) is 11.6 Å². The summed E-state index contributed by atoms with van der Waals surface area (Å²) in [6, 6.07) is 8.61. The first kappa shape index (κ1) is 16.8. The van der Waals surface area contributed by atoms with Crippen molar-refractivity contribution < 1.29 is 4.79 Å². The molecule has 3 heterocycles. The molecule has 1 aromatic carbocycles. The fourth-order valence-electron chi connectivity index (χ4n) is 4.99. The zero-order chi connectivity index (χ0) is 18.6. The second-order valence-corrected chi connectivity index (χ2v) is 8.66. The molecule has 142 valence electrons. The smallest absolute Gasteiger partial charge is 0.322 e. The van der Waals surface area contributed by atoms with E-state index in [9.17, 15) is 4.79 Å². The van der Waals surface area contributed by atoms with E-state index >= 15 is 0 Å². The van der Waals surface area contributed by atoms with Gasteiger partial charge in [-0.25, -0.2) is 4.79 Å². The van der Waals surface area contributed by atoms with Crippen LogP contribution in [0.3, 0.4) is 0 Å². The highest BCUT2D eigenvalue weighted by molar-refractivity contribution is 5.95. The van der Waals surface area contributed by atoms with Crippen LogP contribution in [0.2, 0.25) is 0 Å². The number of para-hydroxylation sites is 1. The average molecular weight is 365 g/mol. The monoisotopic (exact) mass is 365 g/mol. The molecule has 0 radical (unpaired) electrons. The summed E-state index contributed by atoms with van der Waals surface area (Å²) in [5.74, 6) is 2.40. The third-order valence-corrected chi connectivity index (χ3v) is 6.60. The van der Waals surface area contributed by atoms with Crippen molar-refractivity contribution in [3.05, 3.63) is 41.5 Å². The van der Waals surface area contributed by atoms with E-state index in [4.69, 9.17) is 0 Å². The van der Waals surface area contributed by atoms with Crippen LogP contribution in [0.1, 0.15) is 62.7 Å². The molecule has 27 heavy (non-hydrogen) atoms. The number of nitrogens with one attached hydrogen (secondary N) is 1. The summed E-state index contributed by atoms with van der Waals surface area (Å²) in [6.07, 6.45) is 5.44. The minimum Gasteiger partial charge on any atom is -0.333 e. The Balaban J connectivity index is 1.34. The van der Waals surface area contributed by atoms with Crippen molar-refractivity contribution in [3.8, 4) is 0 Å². The SMILES string of the molecule is CC(C)c1nnc2n1CC(NC(=O)N1CC3(CCC3)c3ccccc31)CC2. The van der Waals surface area contributed by atoms with E-state index in [0.717, 1.165) is 43.3 Å². The lowest BCUT2D eigenvalue weighted by molar-refractivity contribution is 0.229. The normalized spacial score (nSPS) is 22.5. The molecule has 2 aliphatic heterocycles. The number of carbonyl (C=O) groups excluding carboxylic acids is 1. The first-order chi connectivity index (χ1) is 13.1. The Hall–Kier alpha value is -2.37. The number of nitrogens with zero attached hydrogens (tertiary/aromatic N) is 4. The quantitative estimate of drug-likeness (QED) is 0.887. The summed E-state index contributed by atoms with van der Waals surface area (Å²) in [5, 5.41) is 12.0. The third kappa shape index (κ3) is 2.57. The molecule has 0 saturated heterocycles. The fourth-order valence-corrected chi connectivity index (χ4v) is 4.99. The van der Waals surface area contributed by atoms with Crippen molar-refractivity contribution in [3.63, 3.8) is 0 Å². The van der Waals surface area contributed by atoms with Crippen molar-refractivity contribution in [2.45, 2.75) is 69.9 Å². The maximum atomic E-state index is 13.1. The number of carbonyl (C=O) groups is 1. The van der Waals surface area contributed by atoms with Gasteiger partial charge in [-0.2, -0.15) is 0 Å². The molecule has 1 atom stereocenters. The van der Waals surface area contributed by atoms with Gasteiger partial charge in [-0.3, -0.25) is 4.90 Å². The van der Waals surface area contributed by atoms with E-state index in [1.807, 2.05) is 11.0 Å². The molecule has 1 spiro atoms. The summed E-state index contributed by atoms with van der Waals surface area (Å²) in [4.78, 5) is 15.1. The number of aryl methyl sites for hydroxylation is 1. The number of fused-ring (bicyclic) bond motifs is 3. The number of urea groups is 1. The molecule has 6 heteroatoms. The minimum absolute atomic E-state index is 0.0406. The molecule has 1 saturated carbocycles. The second kappa shape index (κ2) is 6.08. The maximum Gasteiger partial charge on any atom is 0.322 e. The molecule has 2 aromatic rings. The van der Waals surface area contributed by atoms with Crippen LogP contribution in [0.5, 0.6) is 0 Å². The highest BCUT2D eigenvalue weighted by Crippen LogP contribution is 2.52. The zero-order valence-electron chi connectivity index (χ0n) is 16.1. The van der Waals surface area contributed by atoms with Gasteiger partial charge in [0.25, 0.3) is 0 Å². The molecular weight excluding hydrogens is 338 g/mol. The largest absolute Gasteiger partial charge is 0.333 e. The Morgan fingerprint density at radius 1 is 1.26 bits per heavy atom. The van der Waals surface area contributed by atoms with Gasteiger partial charge in [0.15, 0.2) is 0 Å². The molecule has 1 fully saturated rings. The predicted molar refractivity (Wildman–Crippen MR) is 104 cm³/mol. The van der Waals surface area contributed by atoms with Crippen molar-refractivity contribution in [1.29, 1.82) is 0 Å². The van der Waals surface area contributed by atoms with Crippen LogP contribution < -0.4 is 10.2 Å². The van der Waals surface area contributed by atoms with Crippen LogP contribution in [-0.4, -0.2) is 33.4 Å². The van der Waals surface area contributed by atoms with Crippen molar-refractivity contribution in [1.82, 2.24) is 20.1 Å². The molecule has 0 bridgehead atoms. The Morgan fingerprint density at radius 2 is 2.07 bits per heavy atom. The maximum absolute atomic E-state index is 13.1. The van der Waals surface area contributed by atoms with Crippen molar-refractivity contribution in [2.24, 2.45) is 0 Å². The topological polar surface area (TPSA) is 63.1 Å². The van der Waals surface area contributed by atoms with Gasteiger partial charge in [-0.1, -0.05) is 38.5 Å². The van der Waals surface area contributed by atoms with Crippen molar-refractivity contribution in [2.75, 3.05) is 11.4 Å². The van der Waals surface area contributed by atoms with Crippen LogP contribution >= 0.6 is 0 Å². The van der Waals surface area contributed by atoms with Gasteiger partial charge in [-0.05, 0) is 30.9 Å². The summed E-state index contributed by atoms with van der Waals surface area (Å²) in [5.41, 5.74) is 2.66. The van der Waals surface area contributed by atoms with E-state index < -0.39 is 0 Å². The van der Waals surface area contributed by atoms with Crippen LogP contribution in [0.15, 0.2) is 24.3 Å². The molecule has 3 aliphatic rings. The van der Waals surface area contributed by atoms with Crippen LogP contribution in [0.4, 0.5) is 10.5 Å². The molecule has 2 amide bonds. The van der Waals surface area contributed by atoms with E-state index in [2.05, 4.69) is 52.1 Å². The standard InChI is InChI=1S/C21H27N5O/c1-14(2)19-24-23-18-9-8-15(12-25(18)19)22-20(27)26-13-21(10-5-11-21)16-6-3-4-7-17(16)26/h3-4,6-7,14-15H,5,8-13H2,1-2H3,(H,22,27). The predicted octanol–water partition coefficient (Wildman–Crippen LogP) is 3.37. The van der Waals surface area contributed by atoms with Gasteiger partial charge in [0, 0.05) is 42.6 Å². The van der Waals surface area contributed by atoms with Crippen LogP contribution in [0, 0.1) is 0 Å². The fraction of sp³-hybridized carbons (Fsp3) is 0.571. The van der Waals surface area contributed by atoms with Crippen LogP contribution in [0.25, 0.3) is 0 Å². The number of aromatic nitrogens is 3. The Kier molecular flexibility index (Phi) is 3.78. The van der Waals surface area contributed by atoms with Gasteiger partial charge in [-0.15, -0.1) is 10.2 Å². The third-order valence-electron chi connectivity index (χ3n) is 6.60. The minimum atomic E-state index is 0.0406. The second-order valence-electron chi connectivity index (χ2n) is 8.66. The molecule has 1 aromatic heterocycles. The Labute approximate surface area is 160 Å². The number of hydrogen-bond donors (Lipinski definition) is 1. The summed E-state index contributed by atoms with van der Waals surface area (Å²) in [7, 11) is 0. The lowest BCUT2D eigenvalue weighted by Crippen LogP contribution is -2.50. The van der Waals surface area contributed by atoms with Crippen molar-refractivity contribution >= 4 is 11.7 Å². The lowest BCUT2D eigenvalue weighted by atomic mass is 9.66. The first-order valence-corrected chi connectivity index (χ1v) is 10.2. The van der Waals surface area contributed by atoms with Gasteiger partial charge in [0.05, 0.1) is 0 Å².